The number of carbonyl (C=O) groups excluding carboxylic acids is 1. The molecule has 8 nitrogen and oxygen atoms in total. The number of urea groups is 1. The standard InChI is InChI=1S/C17H29N5O3/c1-25-9-8-21-11-14(10-18-21)19-17(24)22-7-3-4-15(22)12-20-6-2-5-16(20)13-23/h10-11,15-16,23H,2-9,12-13H2,1H3,(H,19,24). The largest absolute Gasteiger partial charge is 0.395 e. The highest BCUT2D eigenvalue weighted by Crippen LogP contribution is 2.24. The third-order valence-electron chi connectivity index (χ3n) is 5.20. The van der Waals surface area contributed by atoms with Crippen molar-refractivity contribution in [2.24, 2.45) is 0 Å². The lowest BCUT2D eigenvalue weighted by atomic mass is 10.2. The molecular weight excluding hydrogens is 322 g/mol. The molecule has 140 valence electrons. The molecule has 0 spiro atoms. The number of anilines is 1. The fourth-order valence-electron chi connectivity index (χ4n) is 3.84. The predicted octanol–water partition coefficient (Wildman–Crippen LogP) is 0.983. The lowest BCUT2D eigenvalue weighted by Gasteiger charge is -2.31. The van der Waals surface area contributed by atoms with Gasteiger partial charge in [0, 0.05) is 38.5 Å². The summed E-state index contributed by atoms with van der Waals surface area (Å²) in [6.45, 7) is 4.11. The summed E-state index contributed by atoms with van der Waals surface area (Å²) in [5.74, 6) is 0. The van der Waals surface area contributed by atoms with E-state index >= 15 is 0 Å². The number of hydrogen-bond acceptors (Lipinski definition) is 5. The van der Waals surface area contributed by atoms with Crippen LogP contribution in [0, 0.1) is 0 Å². The lowest BCUT2D eigenvalue weighted by Crippen LogP contribution is -2.46. The van der Waals surface area contributed by atoms with Crippen LogP contribution in [-0.4, -0.2) is 82.8 Å². The Morgan fingerprint density at radius 1 is 1.36 bits per heavy atom. The van der Waals surface area contributed by atoms with Crippen molar-refractivity contribution in [3.05, 3.63) is 12.4 Å². The van der Waals surface area contributed by atoms with Crippen molar-refractivity contribution in [3.63, 3.8) is 0 Å². The van der Waals surface area contributed by atoms with Crippen LogP contribution in [0.5, 0.6) is 0 Å². The molecule has 1 aromatic heterocycles. The number of nitrogens with one attached hydrogen (secondary N) is 1. The van der Waals surface area contributed by atoms with E-state index in [-0.39, 0.29) is 24.7 Å². The number of amides is 2. The maximum absolute atomic E-state index is 12.7. The average molecular weight is 351 g/mol. The first-order valence-electron chi connectivity index (χ1n) is 9.15. The van der Waals surface area contributed by atoms with Gasteiger partial charge in [0.05, 0.1) is 31.6 Å². The number of rotatable bonds is 7. The molecule has 0 aliphatic carbocycles. The highest BCUT2D eigenvalue weighted by Gasteiger charge is 2.33. The summed E-state index contributed by atoms with van der Waals surface area (Å²) in [6.07, 6.45) is 7.73. The minimum absolute atomic E-state index is 0.0615. The van der Waals surface area contributed by atoms with Crippen LogP contribution in [-0.2, 0) is 11.3 Å². The number of likely N-dealkylation sites (tertiary alicyclic amines) is 2. The van der Waals surface area contributed by atoms with Crippen LogP contribution in [0.3, 0.4) is 0 Å². The lowest BCUT2D eigenvalue weighted by molar-refractivity contribution is 0.130. The van der Waals surface area contributed by atoms with Crippen molar-refractivity contribution in [1.29, 1.82) is 0 Å². The van der Waals surface area contributed by atoms with E-state index in [1.165, 1.54) is 0 Å². The van der Waals surface area contributed by atoms with Crippen molar-refractivity contribution >= 4 is 11.7 Å². The number of ether oxygens (including phenoxy) is 1. The maximum Gasteiger partial charge on any atom is 0.322 e. The zero-order valence-corrected chi connectivity index (χ0v) is 14.9. The van der Waals surface area contributed by atoms with Crippen molar-refractivity contribution in [3.8, 4) is 0 Å². The van der Waals surface area contributed by atoms with E-state index in [0.29, 0.717) is 18.8 Å². The van der Waals surface area contributed by atoms with Crippen LogP contribution < -0.4 is 5.32 Å². The van der Waals surface area contributed by atoms with Gasteiger partial charge < -0.3 is 20.1 Å². The third-order valence-corrected chi connectivity index (χ3v) is 5.20. The van der Waals surface area contributed by atoms with E-state index < -0.39 is 0 Å². The Morgan fingerprint density at radius 3 is 2.96 bits per heavy atom. The summed E-state index contributed by atoms with van der Waals surface area (Å²) >= 11 is 0. The molecule has 8 heteroatoms. The first kappa shape index (κ1) is 18.2. The van der Waals surface area contributed by atoms with Gasteiger partial charge >= 0.3 is 6.03 Å². The zero-order chi connectivity index (χ0) is 17.6. The Hall–Kier alpha value is -1.64. The summed E-state index contributed by atoms with van der Waals surface area (Å²) in [4.78, 5) is 16.9. The Balaban J connectivity index is 1.54. The van der Waals surface area contributed by atoms with Crippen molar-refractivity contribution in [2.75, 3.05) is 45.3 Å². The molecule has 0 bridgehead atoms. The Labute approximate surface area is 148 Å². The number of aromatic nitrogens is 2. The van der Waals surface area contributed by atoms with Crippen LogP contribution >= 0.6 is 0 Å². The van der Waals surface area contributed by atoms with Crippen LogP contribution in [0.2, 0.25) is 0 Å². The summed E-state index contributed by atoms with van der Waals surface area (Å²) in [6, 6.07) is 0.411. The molecule has 2 amide bonds. The highest BCUT2D eigenvalue weighted by atomic mass is 16.5. The number of aliphatic hydroxyl groups excluding tert-OH is 1. The molecule has 2 aliphatic heterocycles. The number of nitrogens with zero attached hydrogens (tertiary/aromatic N) is 4. The Bertz CT molecular complexity index is 564. The first-order valence-corrected chi connectivity index (χ1v) is 9.15. The number of carbonyl (C=O) groups is 1. The average Bonchev–Trinajstić information content (AvgIpc) is 3.34. The van der Waals surface area contributed by atoms with Crippen molar-refractivity contribution in [2.45, 2.75) is 44.3 Å². The molecular formula is C17H29N5O3. The van der Waals surface area contributed by atoms with Gasteiger partial charge in [0.25, 0.3) is 0 Å². The highest BCUT2D eigenvalue weighted by molar-refractivity contribution is 5.89. The summed E-state index contributed by atoms with van der Waals surface area (Å²) in [5, 5.41) is 16.7. The van der Waals surface area contributed by atoms with Gasteiger partial charge in [-0.2, -0.15) is 5.10 Å². The van der Waals surface area contributed by atoms with Gasteiger partial charge in [-0.05, 0) is 32.2 Å². The molecule has 25 heavy (non-hydrogen) atoms. The number of hydrogen-bond donors (Lipinski definition) is 2. The van der Waals surface area contributed by atoms with E-state index in [9.17, 15) is 9.90 Å². The molecule has 2 aliphatic rings. The summed E-state index contributed by atoms with van der Waals surface area (Å²) in [5.41, 5.74) is 0.709. The normalized spacial score (nSPS) is 24.2. The molecule has 0 aromatic carbocycles. The molecule has 0 saturated carbocycles. The minimum Gasteiger partial charge on any atom is -0.395 e. The second kappa shape index (κ2) is 8.64. The fourth-order valence-corrected chi connectivity index (χ4v) is 3.84. The van der Waals surface area contributed by atoms with Gasteiger partial charge in [0.2, 0.25) is 0 Å². The van der Waals surface area contributed by atoms with E-state index in [1.807, 2.05) is 11.1 Å². The summed E-state index contributed by atoms with van der Waals surface area (Å²) in [7, 11) is 1.65. The van der Waals surface area contributed by atoms with Crippen molar-refractivity contribution < 1.29 is 14.6 Å². The van der Waals surface area contributed by atoms with Gasteiger partial charge in [-0.15, -0.1) is 0 Å². The van der Waals surface area contributed by atoms with Gasteiger partial charge in [-0.25, -0.2) is 4.79 Å². The van der Waals surface area contributed by atoms with Crippen LogP contribution in [0.1, 0.15) is 25.7 Å². The second-order valence-electron chi connectivity index (χ2n) is 6.88. The van der Waals surface area contributed by atoms with Gasteiger partial charge in [0.15, 0.2) is 0 Å². The van der Waals surface area contributed by atoms with E-state index in [0.717, 1.165) is 45.3 Å². The van der Waals surface area contributed by atoms with E-state index in [4.69, 9.17) is 4.74 Å². The SMILES string of the molecule is COCCn1cc(NC(=O)N2CCCC2CN2CCCC2CO)cn1. The molecule has 2 N–H and O–H groups in total. The maximum atomic E-state index is 12.7. The minimum atomic E-state index is -0.0615. The van der Waals surface area contributed by atoms with Crippen LogP contribution in [0.4, 0.5) is 10.5 Å². The molecule has 2 fully saturated rings. The van der Waals surface area contributed by atoms with Gasteiger partial charge in [-0.1, -0.05) is 0 Å². The smallest absolute Gasteiger partial charge is 0.322 e. The molecule has 2 saturated heterocycles. The summed E-state index contributed by atoms with van der Waals surface area (Å²) < 4.78 is 6.79. The Morgan fingerprint density at radius 2 is 2.16 bits per heavy atom. The molecule has 2 unspecified atom stereocenters. The molecule has 3 heterocycles. The fraction of sp³-hybridized carbons (Fsp3) is 0.765. The Kier molecular flexibility index (Phi) is 6.28. The topological polar surface area (TPSA) is 82.9 Å². The van der Waals surface area contributed by atoms with Crippen LogP contribution in [0.15, 0.2) is 12.4 Å². The number of methoxy groups -OCH3 is 1. The van der Waals surface area contributed by atoms with E-state index in [1.54, 1.807) is 18.0 Å². The van der Waals surface area contributed by atoms with Gasteiger partial charge in [0.1, 0.15) is 0 Å². The van der Waals surface area contributed by atoms with Crippen LogP contribution in [0.25, 0.3) is 0 Å². The second-order valence-corrected chi connectivity index (χ2v) is 6.88. The number of aliphatic hydroxyl groups is 1. The molecule has 0 radical (unpaired) electrons. The molecule has 2 atom stereocenters. The molecule has 1 aromatic rings. The monoisotopic (exact) mass is 351 g/mol. The zero-order valence-electron chi connectivity index (χ0n) is 14.9. The van der Waals surface area contributed by atoms with Crippen molar-refractivity contribution in [1.82, 2.24) is 19.6 Å². The van der Waals surface area contributed by atoms with Gasteiger partial charge in [-0.3, -0.25) is 9.58 Å². The quantitative estimate of drug-likeness (QED) is 0.765. The molecule has 3 rings (SSSR count). The third kappa shape index (κ3) is 4.50. The van der Waals surface area contributed by atoms with E-state index in [2.05, 4.69) is 15.3 Å². The first-order chi connectivity index (χ1) is 12.2. The predicted molar refractivity (Wildman–Crippen MR) is 94.5 cm³/mol.